The van der Waals surface area contributed by atoms with E-state index in [1.165, 1.54) is 0 Å². The minimum Gasteiger partial charge on any atom is -0.488 e. The highest BCUT2D eigenvalue weighted by molar-refractivity contribution is 5.85. The van der Waals surface area contributed by atoms with Crippen LogP contribution in [0.4, 0.5) is 0 Å². The Morgan fingerprint density at radius 2 is 1.63 bits per heavy atom. The van der Waals surface area contributed by atoms with E-state index in [4.69, 9.17) is 4.74 Å². The first-order chi connectivity index (χ1) is 13.3. The summed E-state index contributed by atoms with van der Waals surface area (Å²) >= 11 is 0. The lowest BCUT2D eigenvalue weighted by Crippen LogP contribution is -2.34. The first-order valence-electron chi connectivity index (χ1n) is 9.64. The van der Waals surface area contributed by atoms with Crippen LogP contribution < -0.4 is 10.3 Å². The van der Waals surface area contributed by atoms with E-state index < -0.39 is 0 Å². The van der Waals surface area contributed by atoms with Crippen LogP contribution in [0.1, 0.15) is 18.4 Å². The van der Waals surface area contributed by atoms with Gasteiger partial charge in [0.1, 0.15) is 12.4 Å². The molecular weight excluding hydrogens is 336 g/mol. The second-order valence-electron chi connectivity index (χ2n) is 7.00. The molecule has 1 radical (unpaired) electrons. The highest BCUT2D eigenvalue weighted by Gasteiger charge is 2.13. The molecule has 0 spiro atoms. The number of hydrogen-bond acceptors (Lipinski definition) is 3. The molecule has 0 atom stereocenters. The number of fused-ring (bicyclic) bond motifs is 1. The summed E-state index contributed by atoms with van der Waals surface area (Å²) in [5, 5.41) is 0.986. The summed E-state index contributed by atoms with van der Waals surface area (Å²) in [4.78, 5) is 15.2. The second-order valence-corrected chi connectivity index (χ2v) is 7.00. The quantitative estimate of drug-likeness (QED) is 0.668. The fraction of sp³-hybridized carbons (Fsp3) is 0.304. The third-order valence-corrected chi connectivity index (χ3v) is 5.16. The van der Waals surface area contributed by atoms with Crippen molar-refractivity contribution in [1.82, 2.24) is 9.47 Å². The highest BCUT2D eigenvalue weighted by atomic mass is 16.5. The van der Waals surface area contributed by atoms with Crippen LogP contribution in [0.2, 0.25) is 0 Å². The molecule has 2 heterocycles. The van der Waals surface area contributed by atoms with Crippen LogP contribution in [-0.2, 0) is 13.2 Å². The summed E-state index contributed by atoms with van der Waals surface area (Å²) in [6.45, 7) is 4.24. The van der Waals surface area contributed by atoms with Crippen molar-refractivity contribution in [2.75, 3.05) is 19.6 Å². The Kier molecular flexibility index (Phi) is 5.54. The number of aromatic nitrogens is 1. The Balaban J connectivity index is 1.58. The number of para-hydroxylation sites is 1. The zero-order valence-corrected chi connectivity index (χ0v) is 15.5. The normalized spacial score (nSPS) is 15.1. The number of nitrogens with zero attached hydrogens (tertiary/aromatic N) is 2. The third-order valence-electron chi connectivity index (χ3n) is 5.16. The van der Waals surface area contributed by atoms with Gasteiger partial charge in [0.25, 0.3) is 5.56 Å². The Labute approximate surface area is 160 Å². The van der Waals surface area contributed by atoms with Crippen LogP contribution in [0.15, 0.2) is 65.5 Å². The number of pyridine rings is 1. The van der Waals surface area contributed by atoms with Crippen LogP contribution in [0.25, 0.3) is 10.9 Å². The van der Waals surface area contributed by atoms with E-state index >= 15 is 0 Å². The maximum absolute atomic E-state index is 12.8. The van der Waals surface area contributed by atoms with Gasteiger partial charge in [0.05, 0.1) is 5.52 Å². The topological polar surface area (TPSA) is 34.5 Å². The Morgan fingerprint density at radius 1 is 0.889 bits per heavy atom. The van der Waals surface area contributed by atoms with Gasteiger partial charge in [0.2, 0.25) is 0 Å². The van der Waals surface area contributed by atoms with Crippen molar-refractivity contribution in [1.29, 1.82) is 0 Å². The zero-order valence-electron chi connectivity index (χ0n) is 15.5. The molecule has 27 heavy (non-hydrogen) atoms. The molecule has 1 fully saturated rings. The molecule has 4 nitrogen and oxygen atoms in total. The average Bonchev–Trinajstić information content (AvgIpc) is 2.73. The van der Waals surface area contributed by atoms with Gasteiger partial charge < -0.3 is 14.2 Å². The van der Waals surface area contributed by atoms with E-state index in [0.29, 0.717) is 18.9 Å². The average molecular weight is 361 g/mol. The molecule has 0 aliphatic carbocycles. The van der Waals surface area contributed by atoms with Gasteiger partial charge >= 0.3 is 0 Å². The van der Waals surface area contributed by atoms with Crippen molar-refractivity contribution >= 4 is 10.9 Å². The molecule has 0 bridgehead atoms. The van der Waals surface area contributed by atoms with Gasteiger partial charge in [-0.2, -0.15) is 0 Å². The molecule has 0 saturated carbocycles. The molecule has 2 aromatic carbocycles. The number of piperidine rings is 1. The van der Waals surface area contributed by atoms with E-state index in [1.54, 1.807) is 6.07 Å². The molecule has 0 amide bonds. The highest BCUT2D eigenvalue weighted by Crippen LogP contribution is 2.24. The Hall–Kier alpha value is -2.59. The van der Waals surface area contributed by atoms with Gasteiger partial charge in [-0.25, -0.2) is 0 Å². The van der Waals surface area contributed by atoms with Crippen LogP contribution in [0.5, 0.6) is 5.75 Å². The lowest BCUT2D eigenvalue weighted by atomic mass is 10.1. The molecule has 4 rings (SSSR count). The summed E-state index contributed by atoms with van der Waals surface area (Å²) in [6, 6.07) is 19.7. The van der Waals surface area contributed by atoms with Crippen LogP contribution >= 0.6 is 0 Å². The number of rotatable bonds is 6. The molecular formula is C23H25N2O2. The predicted octanol–water partition coefficient (Wildman–Crippen LogP) is 3.88. The second kappa shape index (κ2) is 8.40. The summed E-state index contributed by atoms with van der Waals surface area (Å²) < 4.78 is 7.89. The maximum Gasteiger partial charge on any atom is 0.254 e. The monoisotopic (exact) mass is 361 g/mol. The molecule has 1 aromatic heterocycles. The summed E-state index contributed by atoms with van der Waals surface area (Å²) in [5.41, 5.74) is 2.03. The first kappa shape index (κ1) is 17.8. The fourth-order valence-electron chi connectivity index (χ4n) is 3.66. The number of ether oxygens (including phenoxy) is 1. The van der Waals surface area contributed by atoms with Gasteiger partial charge in [0, 0.05) is 24.5 Å². The van der Waals surface area contributed by atoms with Crippen LogP contribution in [0.3, 0.4) is 0 Å². The largest absolute Gasteiger partial charge is 0.488 e. The van der Waals surface area contributed by atoms with Crippen LogP contribution in [-0.4, -0.2) is 29.1 Å². The van der Waals surface area contributed by atoms with Crippen molar-refractivity contribution in [3.8, 4) is 5.75 Å². The molecule has 1 aliphatic rings. The minimum atomic E-state index is 0.000309. The van der Waals surface area contributed by atoms with E-state index in [-0.39, 0.29) is 5.56 Å². The van der Waals surface area contributed by atoms with Crippen LogP contribution in [0, 0.1) is 6.42 Å². The Bertz CT molecular complexity index is 943. The third kappa shape index (κ3) is 4.22. The number of hydrogen-bond donors (Lipinski definition) is 0. The van der Waals surface area contributed by atoms with E-state index in [1.807, 2.05) is 59.2 Å². The maximum atomic E-state index is 12.8. The predicted molar refractivity (Wildman–Crippen MR) is 109 cm³/mol. The minimum absolute atomic E-state index is 0.000309. The Morgan fingerprint density at radius 3 is 2.44 bits per heavy atom. The smallest absolute Gasteiger partial charge is 0.254 e. The van der Waals surface area contributed by atoms with Gasteiger partial charge in [0.15, 0.2) is 0 Å². The van der Waals surface area contributed by atoms with Crippen molar-refractivity contribution in [3.63, 3.8) is 0 Å². The van der Waals surface area contributed by atoms with E-state index in [2.05, 4.69) is 11.3 Å². The summed E-state index contributed by atoms with van der Waals surface area (Å²) in [7, 11) is 0. The number of benzene rings is 2. The fourth-order valence-corrected chi connectivity index (χ4v) is 3.66. The first-order valence-corrected chi connectivity index (χ1v) is 9.64. The van der Waals surface area contributed by atoms with Gasteiger partial charge in [-0.15, -0.1) is 0 Å². The SMILES string of the molecule is O=c1cc(OCc2ccccc2)c2ccccc2n1CCN1CC[CH]CC1. The molecule has 3 aromatic rings. The standard InChI is InChI=1S/C23H25N2O2/c26-23-17-22(27-18-19-9-3-1-4-10-19)20-11-5-6-12-21(20)25(23)16-15-24-13-7-2-8-14-24/h1-6,9-12,17H,7-8,13-16,18H2. The summed E-state index contributed by atoms with van der Waals surface area (Å²) in [6.07, 6.45) is 4.63. The van der Waals surface area contributed by atoms with Gasteiger partial charge in [-0.05, 0) is 50.0 Å². The van der Waals surface area contributed by atoms with Crippen molar-refractivity contribution in [3.05, 3.63) is 83.0 Å². The molecule has 139 valence electrons. The molecule has 0 N–H and O–H groups in total. The zero-order chi connectivity index (χ0) is 18.5. The molecule has 1 saturated heterocycles. The van der Waals surface area contributed by atoms with E-state index in [9.17, 15) is 4.79 Å². The van der Waals surface area contributed by atoms with Crippen molar-refractivity contribution in [2.45, 2.75) is 26.0 Å². The summed E-state index contributed by atoms with van der Waals surface area (Å²) in [5.74, 6) is 0.656. The lowest BCUT2D eigenvalue weighted by Gasteiger charge is -2.26. The molecule has 4 heteroatoms. The van der Waals surface area contributed by atoms with Crippen molar-refractivity contribution < 1.29 is 4.74 Å². The molecule has 0 unspecified atom stereocenters. The van der Waals surface area contributed by atoms with Gasteiger partial charge in [-0.1, -0.05) is 42.5 Å². The van der Waals surface area contributed by atoms with E-state index in [0.717, 1.165) is 48.9 Å². The molecule has 1 aliphatic heterocycles. The van der Waals surface area contributed by atoms with Gasteiger partial charge in [-0.3, -0.25) is 4.79 Å². The number of likely N-dealkylation sites (tertiary alicyclic amines) is 1. The van der Waals surface area contributed by atoms with Crippen molar-refractivity contribution in [2.24, 2.45) is 0 Å². The lowest BCUT2D eigenvalue weighted by molar-refractivity contribution is 0.244.